The molecule has 0 radical (unpaired) electrons. The zero-order valence-corrected chi connectivity index (χ0v) is 9.83. The predicted octanol–water partition coefficient (Wildman–Crippen LogP) is 2.24. The summed E-state index contributed by atoms with van der Waals surface area (Å²) in [5.74, 6) is -0.110. The second-order valence-corrected chi connectivity index (χ2v) is 4.29. The third-order valence-corrected chi connectivity index (χ3v) is 2.74. The summed E-state index contributed by atoms with van der Waals surface area (Å²) in [6.07, 6.45) is 2.45. The third kappa shape index (κ3) is 3.29. The van der Waals surface area contributed by atoms with Gasteiger partial charge in [0.05, 0.1) is 11.8 Å². The molecule has 0 saturated carbocycles. The lowest BCUT2D eigenvalue weighted by atomic mass is 9.98. The maximum absolute atomic E-state index is 13.2. The lowest BCUT2D eigenvalue weighted by molar-refractivity contribution is 0.0940. The van der Waals surface area contributed by atoms with Gasteiger partial charge in [0, 0.05) is 12.7 Å². The summed E-state index contributed by atoms with van der Waals surface area (Å²) in [7, 11) is 0. The number of amides is 1. The Balaban J connectivity index is 2.57. The minimum Gasteiger partial charge on any atom is -0.352 e. The van der Waals surface area contributed by atoms with Gasteiger partial charge < -0.3 is 5.32 Å². The van der Waals surface area contributed by atoms with Gasteiger partial charge in [-0.1, -0.05) is 20.8 Å². The number of aromatic nitrogens is 1. The molecule has 0 aliphatic carbocycles. The zero-order chi connectivity index (χ0) is 12.1. The highest BCUT2D eigenvalue weighted by atomic mass is 19.1. The van der Waals surface area contributed by atoms with Gasteiger partial charge in [-0.15, -0.1) is 0 Å². The van der Waals surface area contributed by atoms with Crippen LogP contribution in [0.15, 0.2) is 18.5 Å². The van der Waals surface area contributed by atoms with Crippen molar-refractivity contribution in [3.05, 3.63) is 29.8 Å². The molecule has 0 saturated heterocycles. The Morgan fingerprint density at radius 1 is 1.50 bits per heavy atom. The quantitative estimate of drug-likeness (QED) is 0.852. The maximum Gasteiger partial charge on any atom is 0.254 e. The zero-order valence-electron chi connectivity index (χ0n) is 9.83. The number of hydrogen-bond donors (Lipinski definition) is 1. The number of carbonyl (C=O) groups excluding carboxylic acids is 1. The molecule has 3 nitrogen and oxygen atoms in total. The van der Waals surface area contributed by atoms with Crippen molar-refractivity contribution in [2.24, 2.45) is 11.8 Å². The average molecular weight is 224 g/mol. The predicted molar refractivity (Wildman–Crippen MR) is 60.5 cm³/mol. The van der Waals surface area contributed by atoms with Crippen molar-refractivity contribution in [2.75, 3.05) is 6.54 Å². The largest absolute Gasteiger partial charge is 0.352 e. The van der Waals surface area contributed by atoms with Crippen LogP contribution in [0.4, 0.5) is 4.39 Å². The lowest BCUT2D eigenvalue weighted by Crippen LogP contribution is -2.30. The Bertz CT molecular complexity index is 366. The summed E-state index contributed by atoms with van der Waals surface area (Å²) in [5, 5.41) is 2.71. The van der Waals surface area contributed by atoms with E-state index in [1.54, 1.807) is 0 Å². The van der Waals surface area contributed by atoms with E-state index in [4.69, 9.17) is 0 Å². The minimum absolute atomic E-state index is 0.0472. The standard InChI is InChI=1S/C12H17FN2O/c1-8(2)9(3)6-15-12(16)10-4-5-14-7-11(10)13/h4-5,7-9H,6H2,1-3H3,(H,15,16). The van der Waals surface area contributed by atoms with Gasteiger partial charge in [0.1, 0.15) is 0 Å². The molecular weight excluding hydrogens is 207 g/mol. The Hall–Kier alpha value is -1.45. The van der Waals surface area contributed by atoms with E-state index in [0.717, 1.165) is 6.20 Å². The molecule has 88 valence electrons. The van der Waals surface area contributed by atoms with E-state index >= 15 is 0 Å². The first-order chi connectivity index (χ1) is 7.52. The molecule has 1 N–H and O–H groups in total. The van der Waals surface area contributed by atoms with E-state index in [1.807, 2.05) is 6.92 Å². The van der Waals surface area contributed by atoms with Gasteiger partial charge in [0.15, 0.2) is 5.82 Å². The molecule has 0 fully saturated rings. The lowest BCUT2D eigenvalue weighted by Gasteiger charge is -2.16. The highest BCUT2D eigenvalue weighted by molar-refractivity contribution is 5.94. The van der Waals surface area contributed by atoms with Crippen molar-refractivity contribution in [2.45, 2.75) is 20.8 Å². The van der Waals surface area contributed by atoms with E-state index in [0.29, 0.717) is 18.4 Å². The molecule has 0 bridgehead atoms. The molecule has 0 aromatic carbocycles. The van der Waals surface area contributed by atoms with Crippen LogP contribution in [-0.2, 0) is 0 Å². The Kier molecular flexibility index (Phi) is 4.40. The van der Waals surface area contributed by atoms with Crippen LogP contribution < -0.4 is 5.32 Å². The molecule has 1 amide bonds. The molecule has 1 aromatic heterocycles. The van der Waals surface area contributed by atoms with Gasteiger partial charge in [-0.2, -0.15) is 0 Å². The fourth-order valence-electron chi connectivity index (χ4n) is 1.14. The molecule has 16 heavy (non-hydrogen) atoms. The average Bonchev–Trinajstić information content (AvgIpc) is 2.25. The van der Waals surface area contributed by atoms with Gasteiger partial charge in [-0.05, 0) is 17.9 Å². The topological polar surface area (TPSA) is 42.0 Å². The van der Waals surface area contributed by atoms with Crippen LogP contribution in [0, 0.1) is 17.7 Å². The highest BCUT2D eigenvalue weighted by Crippen LogP contribution is 2.09. The van der Waals surface area contributed by atoms with Crippen molar-refractivity contribution < 1.29 is 9.18 Å². The Labute approximate surface area is 95.1 Å². The third-order valence-electron chi connectivity index (χ3n) is 2.74. The van der Waals surface area contributed by atoms with E-state index in [2.05, 4.69) is 24.1 Å². The van der Waals surface area contributed by atoms with Crippen molar-refractivity contribution in [1.29, 1.82) is 0 Å². The fourth-order valence-corrected chi connectivity index (χ4v) is 1.14. The first-order valence-corrected chi connectivity index (χ1v) is 5.40. The molecule has 4 heteroatoms. The van der Waals surface area contributed by atoms with Gasteiger partial charge in [0.25, 0.3) is 5.91 Å². The number of nitrogens with one attached hydrogen (secondary N) is 1. The van der Waals surface area contributed by atoms with Crippen LogP contribution in [0.5, 0.6) is 0 Å². The second kappa shape index (κ2) is 5.58. The summed E-state index contributed by atoms with van der Waals surface area (Å²) in [6, 6.07) is 1.38. The monoisotopic (exact) mass is 224 g/mol. The van der Waals surface area contributed by atoms with E-state index in [1.165, 1.54) is 12.3 Å². The summed E-state index contributed by atoms with van der Waals surface area (Å²) in [6.45, 7) is 6.78. The molecule has 1 atom stereocenters. The molecule has 1 unspecified atom stereocenters. The molecule has 1 heterocycles. The van der Waals surface area contributed by atoms with Crippen LogP contribution in [0.2, 0.25) is 0 Å². The molecule has 1 rings (SSSR count). The van der Waals surface area contributed by atoms with Gasteiger partial charge in [0.2, 0.25) is 0 Å². The molecule has 0 spiro atoms. The first kappa shape index (κ1) is 12.6. The summed E-state index contributed by atoms with van der Waals surface area (Å²) in [4.78, 5) is 15.2. The number of rotatable bonds is 4. The first-order valence-electron chi connectivity index (χ1n) is 5.40. The Morgan fingerprint density at radius 2 is 2.19 bits per heavy atom. The second-order valence-electron chi connectivity index (χ2n) is 4.29. The summed E-state index contributed by atoms with van der Waals surface area (Å²) in [5.41, 5.74) is 0.0472. The van der Waals surface area contributed by atoms with Crippen molar-refractivity contribution in [3.63, 3.8) is 0 Å². The van der Waals surface area contributed by atoms with Crippen LogP contribution in [-0.4, -0.2) is 17.4 Å². The van der Waals surface area contributed by atoms with Crippen molar-refractivity contribution in [3.8, 4) is 0 Å². The van der Waals surface area contributed by atoms with Crippen LogP contribution in [0.1, 0.15) is 31.1 Å². The maximum atomic E-state index is 13.2. The molecular formula is C12H17FN2O. The minimum atomic E-state index is -0.586. The van der Waals surface area contributed by atoms with Crippen molar-refractivity contribution >= 4 is 5.91 Å². The molecule has 0 aliphatic heterocycles. The molecule has 1 aromatic rings. The van der Waals surface area contributed by atoms with Crippen LogP contribution in [0.25, 0.3) is 0 Å². The van der Waals surface area contributed by atoms with Crippen LogP contribution >= 0.6 is 0 Å². The molecule has 0 aliphatic rings. The Morgan fingerprint density at radius 3 is 2.75 bits per heavy atom. The van der Waals surface area contributed by atoms with Gasteiger partial charge in [-0.25, -0.2) is 4.39 Å². The smallest absolute Gasteiger partial charge is 0.254 e. The van der Waals surface area contributed by atoms with Gasteiger partial charge >= 0.3 is 0 Å². The number of hydrogen-bond acceptors (Lipinski definition) is 2. The van der Waals surface area contributed by atoms with Gasteiger partial charge in [-0.3, -0.25) is 9.78 Å². The highest BCUT2D eigenvalue weighted by Gasteiger charge is 2.13. The number of pyridine rings is 1. The summed E-state index contributed by atoms with van der Waals surface area (Å²) < 4.78 is 13.2. The van der Waals surface area contributed by atoms with Crippen molar-refractivity contribution in [1.82, 2.24) is 10.3 Å². The number of halogens is 1. The van der Waals surface area contributed by atoms with E-state index in [-0.39, 0.29) is 11.5 Å². The SMILES string of the molecule is CC(C)C(C)CNC(=O)c1ccncc1F. The van der Waals surface area contributed by atoms with E-state index < -0.39 is 5.82 Å². The fraction of sp³-hybridized carbons (Fsp3) is 0.500. The normalized spacial score (nSPS) is 12.6. The number of carbonyl (C=O) groups is 1. The van der Waals surface area contributed by atoms with Crippen LogP contribution in [0.3, 0.4) is 0 Å². The van der Waals surface area contributed by atoms with E-state index in [9.17, 15) is 9.18 Å². The summed E-state index contributed by atoms with van der Waals surface area (Å²) >= 11 is 0. The number of nitrogens with zero attached hydrogens (tertiary/aromatic N) is 1.